The summed E-state index contributed by atoms with van der Waals surface area (Å²) in [5, 5.41) is 0. The molecule has 1 fully saturated rings. The van der Waals surface area contributed by atoms with Crippen LogP contribution in [0.4, 0.5) is 0 Å². The fourth-order valence-corrected chi connectivity index (χ4v) is 3.40. The molecule has 0 aromatic carbocycles. The first-order valence-corrected chi connectivity index (χ1v) is 9.22. The lowest BCUT2D eigenvalue weighted by Gasteiger charge is -2.38. The number of nitrogens with one attached hydrogen (secondary N) is 1. The fraction of sp³-hybridized carbons (Fsp3) is 0.667. The zero-order valence-corrected chi connectivity index (χ0v) is 16.0. The third-order valence-corrected chi connectivity index (χ3v) is 5.88. The van der Waals surface area contributed by atoms with Crippen molar-refractivity contribution in [3.8, 4) is 11.6 Å². The van der Waals surface area contributed by atoms with Crippen LogP contribution in [0, 0.1) is 6.92 Å². The third-order valence-electron chi connectivity index (χ3n) is 3.52. The molecule has 2 rings (SSSR count). The maximum atomic E-state index is 12.2. The summed E-state index contributed by atoms with van der Waals surface area (Å²) in [6.07, 6.45) is 1.91. The molecule has 0 radical (unpaired) electrons. The zero-order chi connectivity index (χ0) is 16.5. The first-order chi connectivity index (χ1) is 10.2. The summed E-state index contributed by atoms with van der Waals surface area (Å²) in [6, 6.07) is 1.98. The summed E-state index contributed by atoms with van der Waals surface area (Å²) in [4.78, 5) is 4.29. The number of aromatic nitrogens is 1. The predicted octanol–water partition coefficient (Wildman–Crippen LogP) is 3.12. The molecule has 1 aromatic heterocycles. The molecule has 1 saturated carbocycles. The number of hydrogen-bond donors (Lipinski definition) is 1. The molecule has 1 unspecified atom stereocenters. The molecule has 0 amide bonds. The minimum Gasteiger partial charge on any atom is -0.598 e. The van der Waals surface area contributed by atoms with E-state index < -0.39 is 11.4 Å². The van der Waals surface area contributed by atoms with Gasteiger partial charge >= 0.3 is 0 Å². The molecular weight excluding hydrogens is 368 g/mol. The summed E-state index contributed by atoms with van der Waals surface area (Å²) in [7, 11) is 1.58. The zero-order valence-electron chi connectivity index (χ0n) is 13.6. The van der Waals surface area contributed by atoms with Crippen molar-refractivity contribution >= 4 is 27.3 Å². The van der Waals surface area contributed by atoms with Gasteiger partial charge in [0, 0.05) is 23.1 Å². The molecule has 5 nitrogen and oxygen atoms in total. The van der Waals surface area contributed by atoms with Crippen LogP contribution in [-0.4, -0.2) is 33.5 Å². The summed E-state index contributed by atoms with van der Waals surface area (Å²) in [6.45, 7) is 7.77. The Hall–Kier alpha value is -0.500. The minimum absolute atomic E-state index is 0.00843. The first kappa shape index (κ1) is 17.8. The molecule has 1 aliphatic rings. The average Bonchev–Trinajstić information content (AvgIpc) is 2.42. The van der Waals surface area contributed by atoms with Crippen molar-refractivity contribution < 1.29 is 14.0 Å². The summed E-state index contributed by atoms with van der Waals surface area (Å²) >= 11 is 2.38. The summed E-state index contributed by atoms with van der Waals surface area (Å²) < 4.78 is 27.1. The van der Waals surface area contributed by atoms with E-state index in [0.29, 0.717) is 16.1 Å². The van der Waals surface area contributed by atoms with E-state index >= 15 is 0 Å². The molecule has 3 atom stereocenters. The van der Waals surface area contributed by atoms with E-state index in [4.69, 9.17) is 9.47 Å². The fourth-order valence-electron chi connectivity index (χ4n) is 2.04. The molecule has 0 saturated heterocycles. The highest BCUT2D eigenvalue weighted by molar-refractivity contribution is 9.10. The van der Waals surface area contributed by atoms with Gasteiger partial charge in [0.25, 0.3) is 0 Å². The second-order valence-electron chi connectivity index (χ2n) is 6.42. The Morgan fingerprint density at radius 3 is 2.59 bits per heavy atom. The molecule has 1 aromatic rings. The van der Waals surface area contributed by atoms with Crippen LogP contribution in [0.1, 0.15) is 39.3 Å². The monoisotopic (exact) mass is 390 g/mol. The summed E-state index contributed by atoms with van der Waals surface area (Å²) in [5.74, 6) is 1.22. The van der Waals surface area contributed by atoms with Crippen molar-refractivity contribution in [2.45, 2.75) is 57.4 Å². The lowest BCUT2D eigenvalue weighted by atomic mass is 9.90. The second kappa shape index (κ2) is 6.95. The molecule has 0 bridgehead atoms. The largest absolute Gasteiger partial charge is 0.598 e. The van der Waals surface area contributed by atoms with Crippen LogP contribution in [0.5, 0.6) is 11.6 Å². The van der Waals surface area contributed by atoms with Crippen molar-refractivity contribution in [2.24, 2.45) is 0 Å². The van der Waals surface area contributed by atoms with Crippen LogP contribution < -0.4 is 14.2 Å². The SMILES string of the molecule is COc1nc(C)cc(O[C@@H]2CC[C@H]2N[S+]([O-])C(C)(C)C)c1Br. The van der Waals surface area contributed by atoms with Gasteiger partial charge in [0.1, 0.15) is 21.1 Å². The minimum atomic E-state index is -1.09. The first-order valence-electron chi connectivity index (χ1n) is 7.28. The second-order valence-corrected chi connectivity index (χ2v) is 9.22. The highest BCUT2D eigenvalue weighted by Gasteiger charge is 2.39. The molecule has 0 spiro atoms. The van der Waals surface area contributed by atoms with Gasteiger partial charge in [0.05, 0.1) is 13.2 Å². The smallest absolute Gasteiger partial charge is 0.231 e. The van der Waals surface area contributed by atoms with Crippen LogP contribution in [0.2, 0.25) is 0 Å². The van der Waals surface area contributed by atoms with Gasteiger partial charge < -0.3 is 14.0 Å². The van der Waals surface area contributed by atoms with Gasteiger partial charge in [-0.2, -0.15) is 0 Å². The molecular formula is C15H23BrN2O3S. The number of rotatable bonds is 5. The molecule has 7 heteroatoms. The molecule has 1 heterocycles. The van der Waals surface area contributed by atoms with Crippen LogP contribution in [0.25, 0.3) is 0 Å². The highest BCUT2D eigenvalue weighted by atomic mass is 79.9. The van der Waals surface area contributed by atoms with Gasteiger partial charge in [-0.3, -0.25) is 0 Å². The lowest BCUT2D eigenvalue weighted by molar-refractivity contribution is 0.0831. The highest BCUT2D eigenvalue weighted by Crippen LogP contribution is 2.36. The Morgan fingerprint density at radius 2 is 2.09 bits per heavy atom. The Labute approximate surface area is 143 Å². The Morgan fingerprint density at radius 1 is 1.41 bits per heavy atom. The number of halogens is 1. The predicted molar refractivity (Wildman–Crippen MR) is 91.7 cm³/mol. The van der Waals surface area contributed by atoms with E-state index in [2.05, 4.69) is 25.6 Å². The maximum absolute atomic E-state index is 12.2. The van der Waals surface area contributed by atoms with Crippen LogP contribution in [0.3, 0.4) is 0 Å². The Bertz CT molecular complexity index is 536. The third kappa shape index (κ3) is 4.07. The standard InChI is InChI=1S/C15H23BrN2O3S/c1-9-8-12(13(16)14(17-9)20-5)21-11-7-6-10(11)18-22(19)15(2,3)4/h8,10-11,18H,6-7H2,1-5H3/t10-,11-,22?/m1/s1. The average molecular weight is 391 g/mol. The topological polar surface area (TPSA) is 66.4 Å². The van der Waals surface area contributed by atoms with E-state index in [0.717, 1.165) is 18.5 Å². The Kier molecular flexibility index (Phi) is 5.63. The molecule has 1 aliphatic carbocycles. The molecule has 1 N–H and O–H groups in total. The van der Waals surface area contributed by atoms with Gasteiger partial charge in [-0.15, -0.1) is 4.72 Å². The van der Waals surface area contributed by atoms with Crippen molar-refractivity contribution in [1.82, 2.24) is 9.71 Å². The normalized spacial score (nSPS) is 22.9. The van der Waals surface area contributed by atoms with E-state index in [1.165, 1.54) is 0 Å². The summed E-state index contributed by atoms with van der Waals surface area (Å²) in [5.41, 5.74) is 0.831. The number of aryl methyl sites for hydroxylation is 1. The van der Waals surface area contributed by atoms with Crippen molar-refractivity contribution in [3.63, 3.8) is 0 Å². The molecule has 22 heavy (non-hydrogen) atoms. The van der Waals surface area contributed by atoms with Gasteiger partial charge in [-0.05, 0) is 56.5 Å². The number of methoxy groups -OCH3 is 1. The van der Waals surface area contributed by atoms with Crippen LogP contribution >= 0.6 is 15.9 Å². The molecule has 0 aliphatic heterocycles. The van der Waals surface area contributed by atoms with Crippen LogP contribution in [-0.2, 0) is 11.4 Å². The van der Waals surface area contributed by atoms with E-state index in [-0.39, 0.29) is 16.9 Å². The van der Waals surface area contributed by atoms with Crippen LogP contribution in [0.15, 0.2) is 10.5 Å². The lowest BCUT2D eigenvalue weighted by Crippen LogP contribution is -2.56. The van der Waals surface area contributed by atoms with E-state index in [1.54, 1.807) is 7.11 Å². The number of pyridine rings is 1. The van der Waals surface area contributed by atoms with Crippen molar-refractivity contribution in [2.75, 3.05) is 7.11 Å². The maximum Gasteiger partial charge on any atom is 0.231 e. The quantitative estimate of drug-likeness (QED) is 0.782. The van der Waals surface area contributed by atoms with Gasteiger partial charge in [-0.25, -0.2) is 4.98 Å². The van der Waals surface area contributed by atoms with Gasteiger partial charge in [-0.1, -0.05) is 0 Å². The van der Waals surface area contributed by atoms with Crippen molar-refractivity contribution in [1.29, 1.82) is 0 Å². The van der Waals surface area contributed by atoms with Gasteiger partial charge in [0.15, 0.2) is 0 Å². The van der Waals surface area contributed by atoms with E-state index in [1.807, 2.05) is 33.8 Å². The number of ether oxygens (including phenoxy) is 2. The van der Waals surface area contributed by atoms with E-state index in [9.17, 15) is 4.55 Å². The number of hydrogen-bond acceptors (Lipinski definition) is 5. The van der Waals surface area contributed by atoms with Crippen molar-refractivity contribution in [3.05, 3.63) is 16.2 Å². The molecule has 124 valence electrons. The number of nitrogens with zero attached hydrogens (tertiary/aromatic N) is 1. The van der Waals surface area contributed by atoms with Gasteiger partial charge in [0.2, 0.25) is 5.88 Å². The Balaban J connectivity index is 2.04.